The molecule has 1 amide bonds. The van der Waals surface area contributed by atoms with Gasteiger partial charge in [-0.05, 0) is 24.3 Å². The molecule has 0 atom stereocenters. The number of carbonyl (C=O) groups excluding carboxylic acids is 1. The second-order valence-corrected chi connectivity index (χ2v) is 6.72. The van der Waals surface area contributed by atoms with Gasteiger partial charge in [-0.3, -0.25) is 14.9 Å². The number of hydrogen-bond donors (Lipinski definition) is 0. The Hall–Kier alpha value is -3.72. The fraction of sp³-hybridized carbons (Fsp3) is 0.238. The van der Waals surface area contributed by atoms with Crippen molar-refractivity contribution in [2.75, 3.05) is 33.4 Å². The van der Waals surface area contributed by atoms with E-state index in [1.54, 1.807) is 21.8 Å². The van der Waals surface area contributed by atoms with Gasteiger partial charge in [-0.25, -0.2) is 4.68 Å². The van der Waals surface area contributed by atoms with E-state index < -0.39 is 4.92 Å². The number of hydrogen-bond acceptors (Lipinski definition) is 6. The Morgan fingerprint density at radius 1 is 1.17 bits per heavy atom. The summed E-state index contributed by atoms with van der Waals surface area (Å²) in [7, 11) is 1.37. The normalized spacial score (nSPS) is 13.8. The fourth-order valence-corrected chi connectivity index (χ4v) is 3.37. The highest BCUT2D eigenvalue weighted by atomic mass is 16.6. The molecule has 2 heterocycles. The minimum atomic E-state index is -0.514. The molecule has 30 heavy (non-hydrogen) atoms. The van der Waals surface area contributed by atoms with Crippen LogP contribution in [0.3, 0.4) is 0 Å². The number of aromatic nitrogens is 2. The second kappa shape index (κ2) is 8.34. The molecule has 0 spiro atoms. The second-order valence-electron chi connectivity index (χ2n) is 6.72. The van der Waals surface area contributed by atoms with Gasteiger partial charge >= 0.3 is 5.69 Å². The molecule has 9 heteroatoms. The van der Waals surface area contributed by atoms with Gasteiger partial charge in [-0.2, -0.15) is 5.10 Å². The number of carbonyl (C=O) groups is 1. The molecular weight excluding hydrogens is 388 g/mol. The molecule has 0 aliphatic carbocycles. The number of benzene rings is 2. The number of methoxy groups -OCH3 is 1. The minimum absolute atomic E-state index is 0.146. The van der Waals surface area contributed by atoms with E-state index in [0.717, 1.165) is 5.69 Å². The number of ether oxygens (including phenoxy) is 2. The summed E-state index contributed by atoms with van der Waals surface area (Å²) < 4.78 is 12.0. The van der Waals surface area contributed by atoms with E-state index in [-0.39, 0.29) is 17.3 Å². The van der Waals surface area contributed by atoms with Crippen molar-refractivity contribution in [2.45, 2.75) is 0 Å². The van der Waals surface area contributed by atoms with E-state index >= 15 is 0 Å². The zero-order valence-electron chi connectivity index (χ0n) is 16.4. The summed E-state index contributed by atoms with van der Waals surface area (Å²) in [4.78, 5) is 25.9. The van der Waals surface area contributed by atoms with E-state index in [0.29, 0.717) is 43.1 Å². The smallest absolute Gasteiger partial charge is 0.311 e. The SMILES string of the molecule is COc1ccc(-c2nn(-c3ccccc3)cc2C(=O)N2CCOCC2)cc1[N+](=O)[O-]. The molecule has 0 saturated carbocycles. The average Bonchev–Trinajstić information content (AvgIpc) is 3.24. The molecule has 1 saturated heterocycles. The summed E-state index contributed by atoms with van der Waals surface area (Å²) in [5.41, 5.74) is 1.81. The molecule has 1 fully saturated rings. The van der Waals surface area contributed by atoms with Crippen molar-refractivity contribution in [3.8, 4) is 22.7 Å². The lowest BCUT2D eigenvalue weighted by molar-refractivity contribution is -0.385. The zero-order valence-corrected chi connectivity index (χ0v) is 16.4. The lowest BCUT2D eigenvalue weighted by Gasteiger charge is -2.26. The van der Waals surface area contributed by atoms with Crippen LogP contribution < -0.4 is 4.74 Å². The van der Waals surface area contributed by atoms with Crippen molar-refractivity contribution in [2.24, 2.45) is 0 Å². The molecule has 4 rings (SSSR count). The topological polar surface area (TPSA) is 99.7 Å². The van der Waals surface area contributed by atoms with Gasteiger partial charge in [0, 0.05) is 30.9 Å². The van der Waals surface area contributed by atoms with Gasteiger partial charge in [0.25, 0.3) is 5.91 Å². The van der Waals surface area contributed by atoms with Crippen molar-refractivity contribution in [3.05, 3.63) is 70.4 Å². The summed E-state index contributed by atoms with van der Waals surface area (Å²) in [5, 5.41) is 16.1. The molecule has 154 valence electrons. The van der Waals surface area contributed by atoms with Crippen LogP contribution in [0, 0.1) is 10.1 Å². The van der Waals surface area contributed by atoms with Crippen LogP contribution in [0.15, 0.2) is 54.7 Å². The zero-order chi connectivity index (χ0) is 21.1. The molecule has 0 radical (unpaired) electrons. The predicted molar refractivity (Wildman–Crippen MR) is 109 cm³/mol. The Kier molecular flexibility index (Phi) is 5.44. The third-order valence-electron chi connectivity index (χ3n) is 4.91. The summed E-state index contributed by atoms with van der Waals surface area (Å²) >= 11 is 0. The number of rotatable bonds is 5. The Morgan fingerprint density at radius 2 is 1.90 bits per heavy atom. The Balaban J connectivity index is 1.83. The maximum Gasteiger partial charge on any atom is 0.311 e. The van der Waals surface area contributed by atoms with Crippen LogP contribution in [0.5, 0.6) is 5.75 Å². The number of para-hydroxylation sites is 1. The molecule has 1 aliphatic rings. The molecule has 9 nitrogen and oxygen atoms in total. The van der Waals surface area contributed by atoms with Crippen molar-refractivity contribution in [3.63, 3.8) is 0 Å². The third-order valence-corrected chi connectivity index (χ3v) is 4.91. The molecular formula is C21H20N4O5. The van der Waals surface area contributed by atoms with Gasteiger partial charge in [0.15, 0.2) is 5.75 Å². The number of morpholine rings is 1. The average molecular weight is 408 g/mol. The van der Waals surface area contributed by atoms with Crippen molar-refractivity contribution in [1.29, 1.82) is 0 Å². The summed E-state index contributed by atoms with van der Waals surface area (Å²) in [6.07, 6.45) is 1.67. The maximum atomic E-state index is 13.2. The fourth-order valence-electron chi connectivity index (χ4n) is 3.37. The molecule has 1 aliphatic heterocycles. The standard InChI is InChI=1S/C21H20N4O5/c1-29-19-8-7-15(13-18(19)25(27)28)20-17(21(26)23-9-11-30-12-10-23)14-24(22-20)16-5-3-2-4-6-16/h2-8,13-14H,9-12H2,1H3. The van der Waals surface area contributed by atoms with Gasteiger partial charge in [-0.15, -0.1) is 0 Å². The largest absolute Gasteiger partial charge is 0.490 e. The number of nitro groups is 1. The highest BCUT2D eigenvalue weighted by Gasteiger charge is 2.26. The van der Waals surface area contributed by atoms with E-state index in [1.165, 1.54) is 19.2 Å². The molecule has 0 unspecified atom stereocenters. The van der Waals surface area contributed by atoms with Gasteiger partial charge in [0.2, 0.25) is 0 Å². The first-order valence-electron chi connectivity index (χ1n) is 9.43. The van der Waals surface area contributed by atoms with Gasteiger partial charge in [0.1, 0.15) is 5.69 Å². The first-order valence-corrected chi connectivity index (χ1v) is 9.43. The van der Waals surface area contributed by atoms with Crippen LogP contribution in [0.1, 0.15) is 10.4 Å². The van der Waals surface area contributed by atoms with Crippen LogP contribution in [0.2, 0.25) is 0 Å². The third kappa shape index (κ3) is 3.74. The monoisotopic (exact) mass is 408 g/mol. The van der Waals surface area contributed by atoms with Gasteiger partial charge < -0.3 is 14.4 Å². The molecule has 3 aromatic rings. The maximum absolute atomic E-state index is 13.2. The van der Waals surface area contributed by atoms with Crippen molar-refractivity contribution < 1.29 is 19.2 Å². The van der Waals surface area contributed by atoms with E-state index in [2.05, 4.69) is 5.10 Å². The quantitative estimate of drug-likeness (QED) is 0.475. The summed E-state index contributed by atoms with van der Waals surface area (Å²) in [5.74, 6) is -0.0405. The highest BCUT2D eigenvalue weighted by Crippen LogP contribution is 2.33. The van der Waals surface area contributed by atoms with Crippen LogP contribution in [-0.4, -0.2) is 58.9 Å². The number of nitrogens with zero attached hydrogens (tertiary/aromatic N) is 4. The molecule has 2 aromatic carbocycles. The van der Waals surface area contributed by atoms with E-state index in [9.17, 15) is 14.9 Å². The van der Waals surface area contributed by atoms with Crippen molar-refractivity contribution in [1.82, 2.24) is 14.7 Å². The van der Waals surface area contributed by atoms with Crippen LogP contribution >= 0.6 is 0 Å². The Morgan fingerprint density at radius 3 is 2.57 bits per heavy atom. The number of nitro benzene ring substituents is 1. The number of amides is 1. The van der Waals surface area contributed by atoms with Crippen LogP contribution in [0.25, 0.3) is 16.9 Å². The van der Waals surface area contributed by atoms with Gasteiger partial charge in [0.05, 0.1) is 36.5 Å². The minimum Gasteiger partial charge on any atom is -0.490 e. The van der Waals surface area contributed by atoms with Crippen LogP contribution in [-0.2, 0) is 4.74 Å². The first-order chi connectivity index (χ1) is 14.6. The summed E-state index contributed by atoms with van der Waals surface area (Å²) in [6, 6.07) is 13.9. The molecule has 0 bridgehead atoms. The predicted octanol–water partition coefficient (Wildman–Crippen LogP) is 2.93. The Labute approximate surface area is 172 Å². The molecule has 0 N–H and O–H groups in total. The Bertz CT molecular complexity index is 1070. The van der Waals surface area contributed by atoms with Crippen LogP contribution in [0.4, 0.5) is 5.69 Å². The van der Waals surface area contributed by atoms with E-state index in [1.807, 2.05) is 30.3 Å². The van der Waals surface area contributed by atoms with Crippen molar-refractivity contribution >= 4 is 11.6 Å². The van der Waals surface area contributed by atoms with Gasteiger partial charge in [-0.1, -0.05) is 18.2 Å². The summed E-state index contributed by atoms with van der Waals surface area (Å²) in [6.45, 7) is 1.92. The van der Waals surface area contributed by atoms with E-state index in [4.69, 9.17) is 9.47 Å². The lowest BCUT2D eigenvalue weighted by Crippen LogP contribution is -2.40. The first kappa shape index (κ1) is 19.6. The lowest BCUT2D eigenvalue weighted by atomic mass is 10.1. The molecule has 1 aromatic heterocycles. The highest BCUT2D eigenvalue weighted by molar-refractivity contribution is 6.00.